The molecule has 0 aliphatic carbocycles. The molecule has 190 valence electrons. The summed E-state index contributed by atoms with van der Waals surface area (Å²) in [6, 6.07) is 9.57. The van der Waals surface area contributed by atoms with Crippen LogP contribution in [0.1, 0.15) is 38.8 Å². The summed E-state index contributed by atoms with van der Waals surface area (Å²) in [6.45, 7) is 5.13. The van der Waals surface area contributed by atoms with Gasteiger partial charge < -0.3 is 23.7 Å². The van der Waals surface area contributed by atoms with Crippen LogP contribution in [0.3, 0.4) is 0 Å². The molecule has 0 bridgehead atoms. The van der Waals surface area contributed by atoms with Crippen LogP contribution in [-0.2, 0) is 41.6 Å². The summed E-state index contributed by atoms with van der Waals surface area (Å²) in [5.74, 6) is -2.96. The van der Waals surface area contributed by atoms with E-state index in [4.69, 9.17) is 23.7 Å². The molecule has 10 heteroatoms. The van der Waals surface area contributed by atoms with Crippen LogP contribution in [0.25, 0.3) is 0 Å². The summed E-state index contributed by atoms with van der Waals surface area (Å²) < 4.78 is 25.9. The van der Waals surface area contributed by atoms with Crippen molar-refractivity contribution in [3.8, 4) is 23.0 Å². The molecular weight excluding hydrogens is 472 g/mol. The van der Waals surface area contributed by atoms with E-state index < -0.39 is 29.8 Å². The van der Waals surface area contributed by atoms with Gasteiger partial charge in [-0.1, -0.05) is 12.1 Å². The van der Waals surface area contributed by atoms with Crippen molar-refractivity contribution in [3.05, 3.63) is 47.5 Å². The molecule has 10 nitrogen and oxygen atoms in total. The van der Waals surface area contributed by atoms with Gasteiger partial charge in [0.25, 0.3) is 0 Å². The Kier molecular flexibility index (Phi) is 8.42. The molecule has 1 aliphatic heterocycles. The maximum atomic E-state index is 12.5. The third kappa shape index (κ3) is 7.14. The number of benzene rings is 2. The number of hydrogen-bond donors (Lipinski definition) is 0. The molecule has 0 aromatic heterocycles. The lowest BCUT2D eigenvalue weighted by atomic mass is 9.85. The maximum Gasteiger partial charge on any atom is 0.309 e. The van der Waals surface area contributed by atoms with Crippen LogP contribution in [0.4, 0.5) is 0 Å². The van der Waals surface area contributed by atoms with Crippen molar-refractivity contribution in [2.45, 2.75) is 40.5 Å². The predicted molar refractivity (Wildman–Crippen MR) is 123 cm³/mol. The van der Waals surface area contributed by atoms with Crippen molar-refractivity contribution in [1.82, 2.24) is 0 Å². The van der Waals surface area contributed by atoms with Crippen molar-refractivity contribution in [3.63, 3.8) is 0 Å². The average molecular weight is 498 g/mol. The Morgan fingerprint density at radius 3 is 1.56 bits per heavy atom. The molecule has 0 amide bonds. The fraction of sp³-hybridized carbons (Fsp3) is 0.346. The molecule has 1 saturated heterocycles. The topological polar surface area (TPSA) is 132 Å². The van der Waals surface area contributed by atoms with E-state index in [2.05, 4.69) is 0 Å². The molecule has 36 heavy (non-hydrogen) atoms. The van der Waals surface area contributed by atoms with Crippen molar-refractivity contribution < 1.29 is 47.7 Å². The zero-order valence-electron chi connectivity index (χ0n) is 20.3. The summed E-state index contributed by atoms with van der Waals surface area (Å²) >= 11 is 0. The van der Waals surface area contributed by atoms with Gasteiger partial charge in [-0.15, -0.1) is 0 Å². The number of esters is 5. The second-order valence-corrected chi connectivity index (χ2v) is 8.34. The van der Waals surface area contributed by atoms with Gasteiger partial charge in [0.05, 0.1) is 12.5 Å². The molecule has 1 fully saturated rings. The van der Waals surface area contributed by atoms with Gasteiger partial charge in [0.2, 0.25) is 0 Å². The van der Waals surface area contributed by atoms with E-state index >= 15 is 0 Å². The summed E-state index contributed by atoms with van der Waals surface area (Å²) in [7, 11) is 0. The normalized spacial score (nSPS) is 16.6. The maximum absolute atomic E-state index is 12.5. The average Bonchev–Trinajstić information content (AvgIpc) is 3.09. The van der Waals surface area contributed by atoms with Crippen molar-refractivity contribution >= 4 is 29.8 Å². The van der Waals surface area contributed by atoms with Gasteiger partial charge in [-0.05, 0) is 48.2 Å². The first kappa shape index (κ1) is 26.4. The number of carbonyl (C=O) groups excluding carboxylic acids is 5. The molecule has 3 rings (SSSR count). The lowest BCUT2D eigenvalue weighted by Crippen LogP contribution is -2.21. The van der Waals surface area contributed by atoms with E-state index in [9.17, 15) is 24.0 Å². The van der Waals surface area contributed by atoms with Gasteiger partial charge in [0.1, 0.15) is 0 Å². The number of ether oxygens (including phenoxy) is 5. The van der Waals surface area contributed by atoms with Gasteiger partial charge in [0.15, 0.2) is 23.0 Å². The molecule has 2 aromatic carbocycles. The van der Waals surface area contributed by atoms with Crippen LogP contribution in [0.5, 0.6) is 23.0 Å². The monoisotopic (exact) mass is 498 g/mol. The van der Waals surface area contributed by atoms with Crippen LogP contribution in [0.15, 0.2) is 36.4 Å². The highest BCUT2D eigenvalue weighted by Gasteiger charge is 2.37. The van der Waals surface area contributed by atoms with Crippen LogP contribution >= 0.6 is 0 Å². The van der Waals surface area contributed by atoms with Gasteiger partial charge in [-0.25, -0.2) is 0 Å². The SMILES string of the molecule is CC(=O)Oc1ccc(C[C@H]2COC(=O)[C@@H]2Cc2ccc(OC(C)=O)c(OC(C)=O)c2)cc1OC(C)=O. The second kappa shape index (κ2) is 11.5. The first-order chi connectivity index (χ1) is 17.0. The first-order valence-corrected chi connectivity index (χ1v) is 11.2. The minimum absolute atomic E-state index is 0.0743. The van der Waals surface area contributed by atoms with E-state index in [0.717, 1.165) is 5.56 Å². The Labute approximate surface area is 207 Å². The summed E-state index contributed by atoms with van der Waals surface area (Å²) in [5.41, 5.74) is 1.43. The summed E-state index contributed by atoms with van der Waals surface area (Å²) in [5, 5.41) is 0. The highest BCUT2D eigenvalue weighted by atomic mass is 16.6. The molecule has 0 radical (unpaired) electrons. The fourth-order valence-corrected chi connectivity index (χ4v) is 3.92. The van der Waals surface area contributed by atoms with Gasteiger partial charge in [-0.2, -0.15) is 0 Å². The Hall–Kier alpha value is -4.21. The van der Waals surface area contributed by atoms with E-state index in [1.54, 1.807) is 24.3 Å². The predicted octanol–water partition coefficient (Wildman–Crippen LogP) is 2.96. The molecule has 2 aromatic rings. The minimum atomic E-state index is -0.584. The zero-order valence-corrected chi connectivity index (χ0v) is 20.3. The molecule has 0 spiro atoms. The van der Waals surface area contributed by atoms with Crippen LogP contribution in [0, 0.1) is 11.8 Å². The number of carbonyl (C=O) groups is 5. The van der Waals surface area contributed by atoms with E-state index in [1.807, 2.05) is 0 Å². The number of rotatable bonds is 8. The van der Waals surface area contributed by atoms with Crippen LogP contribution in [0.2, 0.25) is 0 Å². The molecular formula is C26H26O10. The Morgan fingerprint density at radius 1 is 0.694 bits per heavy atom. The van der Waals surface area contributed by atoms with E-state index in [0.29, 0.717) is 18.4 Å². The van der Waals surface area contributed by atoms with Crippen LogP contribution < -0.4 is 18.9 Å². The van der Waals surface area contributed by atoms with Crippen molar-refractivity contribution in [1.29, 1.82) is 0 Å². The van der Waals surface area contributed by atoms with Gasteiger partial charge in [-0.3, -0.25) is 24.0 Å². The van der Waals surface area contributed by atoms with E-state index in [1.165, 1.54) is 39.8 Å². The quantitative estimate of drug-likeness (QED) is 0.395. The first-order valence-electron chi connectivity index (χ1n) is 11.2. The third-order valence-electron chi connectivity index (χ3n) is 5.30. The Morgan fingerprint density at radius 2 is 1.11 bits per heavy atom. The molecule has 0 saturated carbocycles. The van der Waals surface area contributed by atoms with E-state index in [-0.39, 0.29) is 41.5 Å². The fourth-order valence-electron chi connectivity index (χ4n) is 3.92. The largest absolute Gasteiger partial charge is 0.465 e. The van der Waals surface area contributed by atoms with Crippen LogP contribution in [-0.4, -0.2) is 36.5 Å². The lowest BCUT2D eigenvalue weighted by Gasteiger charge is -2.17. The molecule has 0 N–H and O–H groups in total. The third-order valence-corrected chi connectivity index (χ3v) is 5.30. The smallest absolute Gasteiger partial charge is 0.309 e. The summed E-state index contributed by atoms with van der Waals surface area (Å²) in [6.07, 6.45) is 0.716. The highest BCUT2D eigenvalue weighted by molar-refractivity contribution is 5.76. The summed E-state index contributed by atoms with van der Waals surface area (Å²) in [4.78, 5) is 58.2. The Bertz CT molecular complexity index is 1200. The number of cyclic esters (lactones) is 1. The van der Waals surface area contributed by atoms with Gasteiger partial charge in [0, 0.05) is 33.6 Å². The molecule has 0 unspecified atom stereocenters. The highest BCUT2D eigenvalue weighted by Crippen LogP contribution is 2.35. The van der Waals surface area contributed by atoms with Gasteiger partial charge >= 0.3 is 29.8 Å². The van der Waals surface area contributed by atoms with Crippen molar-refractivity contribution in [2.24, 2.45) is 11.8 Å². The lowest BCUT2D eigenvalue weighted by molar-refractivity contribution is -0.141. The minimum Gasteiger partial charge on any atom is -0.465 e. The van der Waals surface area contributed by atoms with Crippen molar-refractivity contribution in [2.75, 3.05) is 6.61 Å². The number of hydrogen-bond acceptors (Lipinski definition) is 10. The Balaban J connectivity index is 1.82. The standard InChI is InChI=1S/C26H26O10/c1-14(27)33-22-7-5-18(11-24(22)35-16(3)29)9-20-13-32-26(31)21(20)10-19-6-8-23(34-15(2)28)25(12-19)36-17(4)30/h5-8,11-12,20-21H,9-10,13H2,1-4H3/t20-,21+/m0/s1. The second-order valence-electron chi connectivity index (χ2n) is 8.34. The molecule has 1 aliphatic rings. The molecule has 1 heterocycles. The zero-order chi connectivity index (χ0) is 26.4. The molecule has 2 atom stereocenters.